The van der Waals surface area contributed by atoms with Gasteiger partial charge < -0.3 is 10.1 Å². The number of hydrogen-bond donors (Lipinski definition) is 2. The van der Waals surface area contributed by atoms with E-state index in [2.05, 4.69) is 24.0 Å². The van der Waals surface area contributed by atoms with Gasteiger partial charge in [-0.25, -0.2) is 0 Å². The molecule has 0 atom stereocenters. The zero-order valence-electron chi connectivity index (χ0n) is 15.4. The van der Waals surface area contributed by atoms with Gasteiger partial charge in [-0.2, -0.15) is 5.26 Å². The molecule has 0 radical (unpaired) electrons. The van der Waals surface area contributed by atoms with Crippen LogP contribution in [0.2, 0.25) is 5.02 Å². The minimum absolute atomic E-state index is 0.0254. The molecule has 4 nitrogen and oxygen atoms in total. The van der Waals surface area contributed by atoms with Crippen LogP contribution < -0.4 is 10.1 Å². The molecule has 0 spiro atoms. The average Bonchev–Trinajstić information content (AvgIpc) is 2.70. The Hall–Kier alpha value is -2.16. The monoisotopic (exact) mass is 412 g/mol. The fourth-order valence-corrected chi connectivity index (χ4v) is 4.68. The van der Waals surface area contributed by atoms with E-state index < -0.39 is 0 Å². The molecule has 2 aromatic carbocycles. The molecular weight excluding hydrogens is 392 g/mol. The predicted octanol–water partition coefficient (Wildman–Crippen LogP) is 5.15. The van der Waals surface area contributed by atoms with Crippen LogP contribution in [-0.4, -0.2) is 17.0 Å². The number of ether oxygens (including phenoxy) is 1. The van der Waals surface area contributed by atoms with Gasteiger partial charge in [0.2, 0.25) is 0 Å². The molecular formula is C22H21ClN2O2S. The summed E-state index contributed by atoms with van der Waals surface area (Å²) in [5.74, 6) is 0.678. The van der Waals surface area contributed by atoms with Crippen molar-refractivity contribution in [3.63, 3.8) is 0 Å². The third-order valence-electron chi connectivity index (χ3n) is 6.08. The smallest absolute Gasteiger partial charge is 0.251 e. The van der Waals surface area contributed by atoms with Crippen molar-refractivity contribution in [2.75, 3.05) is 0 Å². The summed E-state index contributed by atoms with van der Waals surface area (Å²) in [7, 11) is 0. The van der Waals surface area contributed by atoms with E-state index in [1.165, 1.54) is 0 Å². The van der Waals surface area contributed by atoms with Gasteiger partial charge in [0.25, 0.3) is 5.91 Å². The standard InChI is InChI=1S/C22H21ClN2O2S/c23-19-13-17(4-1-16(19)14-24)27-22-10-7-21(8-11-22,9-12-22)25-20(26)15-2-5-18(28)6-3-15/h1-6,13,28H,7-12H2,(H,25,26). The molecule has 2 bridgehead atoms. The first kappa shape index (κ1) is 19.2. The first-order valence-corrected chi connectivity index (χ1v) is 10.3. The second kappa shape index (κ2) is 7.35. The van der Waals surface area contributed by atoms with E-state index in [9.17, 15) is 4.79 Å². The van der Waals surface area contributed by atoms with Crippen LogP contribution in [0.3, 0.4) is 0 Å². The van der Waals surface area contributed by atoms with Gasteiger partial charge in [0.1, 0.15) is 17.4 Å². The number of carbonyl (C=O) groups excluding carboxylic acids is 1. The topological polar surface area (TPSA) is 62.1 Å². The van der Waals surface area contributed by atoms with Crippen LogP contribution in [-0.2, 0) is 0 Å². The highest BCUT2D eigenvalue weighted by Crippen LogP contribution is 2.49. The average molecular weight is 413 g/mol. The first-order valence-electron chi connectivity index (χ1n) is 9.43. The quantitative estimate of drug-likeness (QED) is 0.682. The molecule has 3 aliphatic carbocycles. The van der Waals surface area contributed by atoms with Crippen LogP contribution >= 0.6 is 24.2 Å². The van der Waals surface area contributed by atoms with Crippen molar-refractivity contribution in [3.05, 3.63) is 58.6 Å². The SMILES string of the molecule is N#Cc1ccc(OC23CCC(NC(=O)c4ccc(S)cc4)(CC2)CC3)cc1Cl. The maximum Gasteiger partial charge on any atom is 0.251 e. The highest BCUT2D eigenvalue weighted by atomic mass is 35.5. The van der Waals surface area contributed by atoms with Gasteiger partial charge in [-0.15, -0.1) is 12.6 Å². The number of nitrogens with one attached hydrogen (secondary N) is 1. The van der Waals surface area contributed by atoms with E-state index >= 15 is 0 Å². The molecule has 28 heavy (non-hydrogen) atoms. The van der Waals surface area contributed by atoms with Gasteiger partial charge in [-0.1, -0.05) is 11.6 Å². The molecule has 5 rings (SSSR count). The fraction of sp³-hybridized carbons (Fsp3) is 0.364. The number of hydrogen-bond acceptors (Lipinski definition) is 4. The third-order valence-corrected chi connectivity index (χ3v) is 6.69. The molecule has 2 aromatic rings. The third kappa shape index (κ3) is 3.72. The Morgan fingerprint density at radius 2 is 1.71 bits per heavy atom. The van der Waals surface area contributed by atoms with E-state index in [-0.39, 0.29) is 17.0 Å². The zero-order valence-corrected chi connectivity index (χ0v) is 17.0. The van der Waals surface area contributed by atoms with Gasteiger partial charge in [0, 0.05) is 22.1 Å². The fourth-order valence-electron chi connectivity index (χ4n) is 4.32. The van der Waals surface area contributed by atoms with Crippen molar-refractivity contribution in [3.8, 4) is 11.8 Å². The summed E-state index contributed by atoms with van der Waals surface area (Å²) in [6, 6.07) is 14.6. The molecule has 0 aromatic heterocycles. The second-order valence-corrected chi connectivity index (χ2v) is 8.74. The number of benzene rings is 2. The molecule has 0 heterocycles. The maximum absolute atomic E-state index is 12.7. The number of amides is 1. The largest absolute Gasteiger partial charge is 0.487 e. The number of rotatable bonds is 4. The van der Waals surface area contributed by atoms with Crippen LogP contribution in [0.15, 0.2) is 47.4 Å². The van der Waals surface area contributed by atoms with Crippen molar-refractivity contribution in [1.82, 2.24) is 5.32 Å². The number of thiol groups is 1. The summed E-state index contributed by atoms with van der Waals surface area (Å²) in [5.41, 5.74) is 0.756. The number of fused-ring (bicyclic) bond motifs is 3. The lowest BCUT2D eigenvalue weighted by Crippen LogP contribution is -2.60. The van der Waals surface area contributed by atoms with Crippen LogP contribution in [0.1, 0.15) is 54.4 Å². The number of nitrogens with zero attached hydrogens (tertiary/aromatic N) is 1. The summed E-state index contributed by atoms with van der Waals surface area (Å²) in [4.78, 5) is 13.5. The molecule has 0 aliphatic heterocycles. The van der Waals surface area contributed by atoms with Crippen molar-refractivity contribution in [2.24, 2.45) is 0 Å². The Morgan fingerprint density at radius 3 is 2.29 bits per heavy atom. The number of nitriles is 1. The Morgan fingerprint density at radius 1 is 1.07 bits per heavy atom. The van der Waals surface area contributed by atoms with Crippen molar-refractivity contribution < 1.29 is 9.53 Å². The maximum atomic E-state index is 12.7. The number of halogens is 1. The Kier molecular flexibility index (Phi) is 5.03. The minimum Gasteiger partial charge on any atom is -0.487 e. The second-order valence-electron chi connectivity index (χ2n) is 7.82. The van der Waals surface area contributed by atoms with Crippen molar-refractivity contribution in [2.45, 2.75) is 54.6 Å². The zero-order chi connectivity index (χ0) is 19.8. The van der Waals surface area contributed by atoms with Crippen molar-refractivity contribution >= 4 is 30.1 Å². The Labute approximate surface area is 175 Å². The van der Waals surface area contributed by atoms with E-state index in [1.54, 1.807) is 12.1 Å². The van der Waals surface area contributed by atoms with E-state index in [4.69, 9.17) is 21.6 Å². The highest BCUT2D eigenvalue weighted by molar-refractivity contribution is 7.80. The minimum atomic E-state index is -0.211. The summed E-state index contributed by atoms with van der Waals surface area (Å²) in [6.07, 6.45) is 5.36. The summed E-state index contributed by atoms with van der Waals surface area (Å²) in [5, 5.41) is 12.7. The van der Waals surface area contributed by atoms with Crippen LogP contribution in [0.4, 0.5) is 0 Å². The molecule has 0 unspecified atom stereocenters. The summed E-state index contributed by atoms with van der Waals surface area (Å²) >= 11 is 10.4. The van der Waals surface area contributed by atoms with Gasteiger partial charge in [-0.3, -0.25) is 4.79 Å². The van der Waals surface area contributed by atoms with E-state index in [1.807, 2.05) is 30.3 Å². The van der Waals surface area contributed by atoms with Gasteiger partial charge in [-0.05, 0) is 74.9 Å². The molecule has 144 valence electrons. The molecule has 3 saturated carbocycles. The summed E-state index contributed by atoms with van der Waals surface area (Å²) in [6.45, 7) is 0. The Bertz CT molecular complexity index is 927. The predicted molar refractivity (Wildman–Crippen MR) is 111 cm³/mol. The van der Waals surface area contributed by atoms with Crippen LogP contribution in [0.5, 0.6) is 5.75 Å². The molecule has 1 N–H and O–H groups in total. The number of carbonyl (C=O) groups is 1. The lowest BCUT2D eigenvalue weighted by atomic mass is 9.63. The van der Waals surface area contributed by atoms with Gasteiger partial charge in [0.15, 0.2) is 0 Å². The first-order chi connectivity index (χ1) is 13.4. The van der Waals surface area contributed by atoms with Crippen LogP contribution in [0, 0.1) is 11.3 Å². The molecule has 1 amide bonds. The van der Waals surface area contributed by atoms with Crippen molar-refractivity contribution in [1.29, 1.82) is 5.26 Å². The van der Waals surface area contributed by atoms with E-state index in [0.29, 0.717) is 21.9 Å². The van der Waals surface area contributed by atoms with E-state index in [0.717, 1.165) is 43.4 Å². The lowest BCUT2D eigenvalue weighted by molar-refractivity contribution is -0.0507. The molecule has 0 saturated heterocycles. The molecule has 6 heteroatoms. The summed E-state index contributed by atoms with van der Waals surface area (Å²) < 4.78 is 6.34. The highest BCUT2D eigenvalue weighted by Gasteiger charge is 2.50. The van der Waals surface area contributed by atoms with Gasteiger partial charge >= 0.3 is 0 Å². The van der Waals surface area contributed by atoms with Crippen LogP contribution in [0.25, 0.3) is 0 Å². The normalized spacial score (nSPS) is 25.8. The molecule has 3 fully saturated rings. The van der Waals surface area contributed by atoms with Gasteiger partial charge in [0.05, 0.1) is 10.6 Å². The lowest BCUT2D eigenvalue weighted by Gasteiger charge is -2.53. The molecule has 3 aliphatic rings. The Balaban J connectivity index is 1.42.